The maximum atomic E-state index is 11.6. The van der Waals surface area contributed by atoms with E-state index < -0.39 is 0 Å². The lowest BCUT2D eigenvalue weighted by atomic mass is 9.88. The maximum absolute atomic E-state index is 11.6. The highest BCUT2D eigenvalue weighted by atomic mass is 16.5. The summed E-state index contributed by atoms with van der Waals surface area (Å²) in [5.41, 5.74) is 1.50. The molecule has 1 N–H and O–H groups in total. The number of allylic oxidation sites excluding steroid dienone is 2. The number of fused-ring (bicyclic) bond motifs is 1. The topological polar surface area (TPSA) is 72.8 Å². The molecule has 170 valence electrons. The van der Waals surface area contributed by atoms with Crippen LogP contribution in [0.15, 0.2) is 23.8 Å². The van der Waals surface area contributed by atoms with Gasteiger partial charge in [-0.05, 0) is 62.9 Å². The van der Waals surface area contributed by atoms with Crippen molar-refractivity contribution < 1.29 is 24.2 Å². The lowest BCUT2D eigenvalue weighted by Crippen LogP contribution is -2.24. The summed E-state index contributed by atoms with van der Waals surface area (Å²) in [6, 6.07) is 0. The number of ether oxygens (including phenoxy) is 2. The van der Waals surface area contributed by atoms with E-state index in [9.17, 15) is 9.59 Å². The summed E-state index contributed by atoms with van der Waals surface area (Å²) in [4.78, 5) is 23.2. The summed E-state index contributed by atoms with van der Waals surface area (Å²) < 4.78 is 11.2. The fourth-order valence-electron chi connectivity index (χ4n) is 5.00. The van der Waals surface area contributed by atoms with Crippen LogP contribution in [-0.2, 0) is 19.1 Å². The van der Waals surface area contributed by atoms with Gasteiger partial charge in [0.05, 0.1) is 0 Å². The first-order valence-corrected chi connectivity index (χ1v) is 11.8. The Kier molecular flexibility index (Phi) is 10.6. The Bertz CT molecular complexity index is 609. The van der Waals surface area contributed by atoms with Crippen LogP contribution in [0.25, 0.3) is 0 Å². The van der Waals surface area contributed by atoms with Crippen LogP contribution in [-0.4, -0.2) is 35.9 Å². The number of esters is 2. The van der Waals surface area contributed by atoms with Gasteiger partial charge in [-0.1, -0.05) is 43.9 Å². The third-order valence-electron chi connectivity index (χ3n) is 6.36. The van der Waals surface area contributed by atoms with Crippen molar-refractivity contribution in [1.29, 1.82) is 0 Å². The second kappa shape index (κ2) is 12.9. The van der Waals surface area contributed by atoms with Crippen molar-refractivity contribution in [3.63, 3.8) is 0 Å². The molecular weight excluding hydrogens is 380 g/mol. The van der Waals surface area contributed by atoms with Gasteiger partial charge in [-0.2, -0.15) is 0 Å². The Morgan fingerprint density at radius 1 is 1.17 bits per heavy atom. The molecule has 0 bridgehead atoms. The molecule has 0 radical (unpaired) electrons. The molecule has 0 aliphatic heterocycles. The second-order valence-corrected chi connectivity index (χ2v) is 8.88. The molecule has 0 unspecified atom stereocenters. The molecule has 0 saturated heterocycles. The summed E-state index contributed by atoms with van der Waals surface area (Å²) in [6.07, 6.45) is 16.4. The minimum absolute atomic E-state index is 0.102. The summed E-state index contributed by atoms with van der Waals surface area (Å²) in [7, 11) is 0. The van der Waals surface area contributed by atoms with Crippen LogP contribution in [0.3, 0.4) is 0 Å². The highest BCUT2D eigenvalue weighted by molar-refractivity contribution is 5.66. The molecule has 2 aliphatic carbocycles. The van der Waals surface area contributed by atoms with E-state index in [1.54, 1.807) is 0 Å². The number of carbonyl (C=O) groups excluding carboxylic acids is 2. The average Bonchev–Trinajstić information content (AvgIpc) is 3.20. The average molecular weight is 421 g/mol. The van der Waals surface area contributed by atoms with E-state index in [0.29, 0.717) is 11.8 Å². The normalized spacial score (nSPS) is 26.5. The van der Waals surface area contributed by atoms with Crippen LogP contribution in [0.4, 0.5) is 0 Å². The molecule has 2 aliphatic rings. The lowest BCUT2D eigenvalue weighted by molar-refractivity contribution is -0.147. The number of hydrogen-bond donors (Lipinski definition) is 1. The molecule has 2 rings (SSSR count). The molecule has 0 aromatic carbocycles. The summed E-state index contributed by atoms with van der Waals surface area (Å²) in [5, 5.41) is 8.96. The van der Waals surface area contributed by atoms with Crippen molar-refractivity contribution in [1.82, 2.24) is 0 Å². The highest BCUT2D eigenvalue weighted by Gasteiger charge is 2.45. The van der Waals surface area contributed by atoms with Gasteiger partial charge >= 0.3 is 11.9 Å². The fourth-order valence-corrected chi connectivity index (χ4v) is 5.00. The second-order valence-electron chi connectivity index (χ2n) is 8.88. The fraction of sp³-hybridized carbons (Fsp3) is 0.760. The summed E-state index contributed by atoms with van der Waals surface area (Å²) >= 11 is 0. The minimum Gasteiger partial charge on any atom is -0.462 e. The Labute approximate surface area is 181 Å². The van der Waals surface area contributed by atoms with Gasteiger partial charge in [-0.15, -0.1) is 0 Å². The van der Waals surface area contributed by atoms with Gasteiger partial charge in [-0.3, -0.25) is 9.59 Å². The third kappa shape index (κ3) is 7.90. The summed E-state index contributed by atoms with van der Waals surface area (Å²) in [5.74, 6) is 0.575. The van der Waals surface area contributed by atoms with Gasteiger partial charge in [0.1, 0.15) is 12.2 Å². The van der Waals surface area contributed by atoms with Gasteiger partial charge in [0.15, 0.2) is 0 Å². The molecule has 5 nitrogen and oxygen atoms in total. The first-order valence-electron chi connectivity index (χ1n) is 11.8. The van der Waals surface area contributed by atoms with Gasteiger partial charge in [0.2, 0.25) is 0 Å². The predicted molar refractivity (Wildman–Crippen MR) is 118 cm³/mol. The van der Waals surface area contributed by atoms with E-state index in [2.05, 4.69) is 19.1 Å². The molecule has 1 saturated carbocycles. The Morgan fingerprint density at radius 3 is 2.63 bits per heavy atom. The quantitative estimate of drug-likeness (QED) is 0.254. The van der Waals surface area contributed by atoms with Crippen molar-refractivity contribution in [2.24, 2.45) is 17.8 Å². The van der Waals surface area contributed by atoms with E-state index in [1.807, 2.05) is 6.08 Å². The lowest BCUT2D eigenvalue weighted by Gasteiger charge is -2.22. The van der Waals surface area contributed by atoms with E-state index in [1.165, 1.54) is 19.4 Å². The van der Waals surface area contributed by atoms with Gasteiger partial charge in [-0.25, -0.2) is 0 Å². The molecule has 0 spiro atoms. The van der Waals surface area contributed by atoms with Crippen molar-refractivity contribution in [3.05, 3.63) is 23.8 Å². The molecule has 5 heteroatoms. The first-order chi connectivity index (χ1) is 14.4. The number of carbonyl (C=O) groups is 2. The van der Waals surface area contributed by atoms with Crippen LogP contribution in [0, 0.1) is 17.8 Å². The van der Waals surface area contributed by atoms with Gasteiger partial charge in [0.25, 0.3) is 0 Å². The van der Waals surface area contributed by atoms with Crippen LogP contribution in [0.1, 0.15) is 85.0 Å². The van der Waals surface area contributed by atoms with E-state index in [4.69, 9.17) is 14.6 Å². The largest absolute Gasteiger partial charge is 0.462 e. The van der Waals surface area contributed by atoms with E-state index in [-0.39, 0.29) is 36.7 Å². The third-order valence-corrected chi connectivity index (χ3v) is 6.36. The van der Waals surface area contributed by atoms with E-state index >= 15 is 0 Å². The van der Waals surface area contributed by atoms with E-state index in [0.717, 1.165) is 64.2 Å². The predicted octanol–water partition coefficient (Wildman–Crippen LogP) is 5.12. The smallest absolute Gasteiger partial charge is 0.303 e. The van der Waals surface area contributed by atoms with Crippen molar-refractivity contribution in [2.45, 2.75) is 97.2 Å². The molecule has 0 amide bonds. The zero-order valence-electron chi connectivity index (χ0n) is 19.0. The Hall–Kier alpha value is -1.62. The number of rotatable bonds is 13. The first kappa shape index (κ1) is 24.6. The Morgan fingerprint density at radius 2 is 1.97 bits per heavy atom. The van der Waals surface area contributed by atoms with Gasteiger partial charge < -0.3 is 14.6 Å². The molecule has 30 heavy (non-hydrogen) atoms. The van der Waals surface area contributed by atoms with Crippen molar-refractivity contribution in [2.75, 3.05) is 6.61 Å². The zero-order valence-corrected chi connectivity index (χ0v) is 19.0. The zero-order chi connectivity index (χ0) is 21.9. The summed E-state index contributed by atoms with van der Waals surface area (Å²) in [6.45, 7) is 5.36. The SMILES string of the molecule is CCCCC[C@@H](/C=C/[C@@H]1[C@H]2CC(CCCCCO)=C[C@H]2C[C@H]1OC(C)=O)OC(C)=O. The Balaban J connectivity index is 2.03. The number of hydrogen-bond acceptors (Lipinski definition) is 5. The standard InChI is InChI=1S/C25H40O5/c1-4-5-7-11-22(29-18(2)27)12-13-23-24-16-20(10-8-6-9-14-26)15-21(24)17-25(23)30-19(3)28/h12-13,15,21-26H,4-11,14,16-17H2,1-3H3/b13-12+/t21-,22-,23+,24-,25+/m0/s1. The molecular formula is C25H40O5. The molecule has 0 aromatic rings. The monoisotopic (exact) mass is 420 g/mol. The molecule has 0 heterocycles. The molecule has 1 fully saturated rings. The van der Waals surface area contributed by atoms with Crippen LogP contribution in [0.5, 0.6) is 0 Å². The number of aliphatic hydroxyl groups excluding tert-OH is 1. The molecule has 0 aromatic heterocycles. The van der Waals surface area contributed by atoms with Crippen LogP contribution >= 0.6 is 0 Å². The maximum Gasteiger partial charge on any atom is 0.303 e. The minimum atomic E-state index is -0.255. The van der Waals surface area contributed by atoms with Crippen LogP contribution in [0.2, 0.25) is 0 Å². The number of aliphatic hydroxyl groups is 1. The van der Waals surface area contributed by atoms with Crippen LogP contribution < -0.4 is 0 Å². The number of unbranched alkanes of at least 4 members (excludes halogenated alkanes) is 4. The van der Waals surface area contributed by atoms with Crippen molar-refractivity contribution in [3.8, 4) is 0 Å². The highest BCUT2D eigenvalue weighted by Crippen LogP contribution is 2.49. The molecule has 5 atom stereocenters. The van der Waals surface area contributed by atoms with Gasteiger partial charge in [0, 0.05) is 26.4 Å². The van der Waals surface area contributed by atoms with Crippen molar-refractivity contribution >= 4 is 11.9 Å².